The van der Waals surface area contributed by atoms with Gasteiger partial charge in [0.2, 0.25) is 11.1 Å². The molecule has 0 spiro atoms. The molecular weight excluding hydrogens is 424 g/mol. The first-order chi connectivity index (χ1) is 14.5. The Morgan fingerprint density at radius 1 is 1.37 bits per heavy atom. The highest BCUT2D eigenvalue weighted by Gasteiger charge is 2.06. The summed E-state index contributed by atoms with van der Waals surface area (Å²) in [7, 11) is 1.59. The summed E-state index contributed by atoms with van der Waals surface area (Å²) in [6.07, 6.45) is 3.60. The largest absolute Gasteiger partial charge is 0.497 e. The van der Waals surface area contributed by atoms with Crippen LogP contribution in [0, 0.1) is 0 Å². The minimum absolute atomic E-state index is 0.0000202. The molecule has 0 atom stereocenters. The lowest BCUT2D eigenvalue weighted by Crippen LogP contribution is -2.21. The zero-order chi connectivity index (χ0) is 21.3. The van der Waals surface area contributed by atoms with Gasteiger partial charge in [-0.05, 0) is 6.07 Å². The van der Waals surface area contributed by atoms with Crippen LogP contribution in [0.5, 0.6) is 5.75 Å². The first-order valence-electron chi connectivity index (χ1n) is 8.96. The fourth-order valence-corrected chi connectivity index (χ4v) is 4.01. The van der Waals surface area contributed by atoms with Crippen molar-refractivity contribution in [3.05, 3.63) is 57.2 Å². The van der Waals surface area contributed by atoms with Crippen LogP contribution in [0.2, 0.25) is 0 Å². The highest BCUT2D eigenvalue weighted by molar-refractivity contribution is 7.98. The number of ether oxygens (including phenoxy) is 1. The number of methoxy groups -OCH3 is 1. The van der Waals surface area contributed by atoms with Gasteiger partial charge in [0, 0.05) is 59.6 Å². The molecule has 3 rings (SSSR count). The van der Waals surface area contributed by atoms with E-state index in [1.165, 1.54) is 11.3 Å². The van der Waals surface area contributed by atoms with Crippen LogP contribution in [0.25, 0.3) is 0 Å². The molecule has 0 aliphatic carbocycles. The van der Waals surface area contributed by atoms with Crippen molar-refractivity contribution in [2.75, 3.05) is 24.7 Å². The smallest absolute Gasteiger partial charge is 0.255 e. The number of aromatic nitrogens is 4. The number of hydrogen-bond donors (Lipinski definition) is 4. The van der Waals surface area contributed by atoms with Crippen LogP contribution < -0.4 is 27.1 Å². The molecule has 0 saturated heterocycles. The lowest BCUT2D eigenvalue weighted by molar-refractivity contribution is 0.413. The summed E-state index contributed by atoms with van der Waals surface area (Å²) in [5.74, 6) is 2.69. The van der Waals surface area contributed by atoms with E-state index in [-0.39, 0.29) is 11.5 Å². The maximum atomic E-state index is 12.3. The van der Waals surface area contributed by atoms with Crippen LogP contribution in [-0.2, 0) is 12.2 Å². The number of aromatic amines is 1. The van der Waals surface area contributed by atoms with E-state index in [0.29, 0.717) is 35.4 Å². The second-order valence-electron chi connectivity index (χ2n) is 6.09. The molecule has 0 aliphatic rings. The van der Waals surface area contributed by atoms with E-state index < -0.39 is 0 Å². The Kier molecular flexibility index (Phi) is 7.63. The molecule has 0 saturated carbocycles. The third-order valence-corrected chi connectivity index (χ3v) is 5.60. The molecule has 158 valence electrons. The first kappa shape index (κ1) is 21.6. The number of thioether (sulfide) groups is 1. The predicted octanol–water partition coefficient (Wildman–Crippen LogP) is 1.47. The van der Waals surface area contributed by atoms with E-state index in [0.717, 1.165) is 22.9 Å². The van der Waals surface area contributed by atoms with Gasteiger partial charge in [0.1, 0.15) is 5.75 Å². The summed E-state index contributed by atoms with van der Waals surface area (Å²) in [5, 5.41) is 5.59. The second kappa shape index (κ2) is 10.6. The van der Waals surface area contributed by atoms with Gasteiger partial charge in [0.15, 0.2) is 5.96 Å². The number of hydrogen-bond acceptors (Lipinski definition) is 9. The van der Waals surface area contributed by atoms with Gasteiger partial charge in [0.25, 0.3) is 5.56 Å². The molecule has 3 heterocycles. The van der Waals surface area contributed by atoms with Gasteiger partial charge < -0.3 is 21.5 Å². The van der Waals surface area contributed by atoms with Gasteiger partial charge in [0.05, 0.1) is 12.8 Å². The van der Waals surface area contributed by atoms with Gasteiger partial charge in [-0.15, -0.1) is 11.3 Å². The number of thiazole rings is 1. The topological polar surface area (TPSA) is 157 Å². The Morgan fingerprint density at radius 2 is 2.23 bits per heavy atom. The van der Waals surface area contributed by atoms with E-state index in [9.17, 15) is 4.79 Å². The number of nitrogens with two attached hydrogens (primary N) is 2. The number of nitrogens with zero attached hydrogens (tertiary/aromatic N) is 4. The molecule has 0 aromatic carbocycles. The minimum Gasteiger partial charge on any atom is -0.497 e. The van der Waals surface area contributed by atoms with Gasteiger partial charge in [-0.1, -0.05) is 0 Å². The maximum Gasteiger partial charge on any atom is 0.255 e. The second-order valence-corrected chi connectivity index (χ2v) is 8.03. The molecule has 12 heteroatoms. The summed E-state index contributed by atoms with van der Waals surface area (Å²) >= 11 is 3.10. The monoisotopic (exact) mass is 446 g/mol. The zero-order valence-corrected chi connectivity index (χ0v) is 17.9. The standard InChI is InChI=1S/C18H22N8O2S2/c1-28-14-2-3-21-12(7-14)6-11-8-23-17(25-15(11)27)22-4-5-29-9-13-10-30-18(24-13)26-16(19)20/h2-3,7-8,10H,4-6,9H2,1H3,(H4,19,20,24,26)(H2,22,23,25,27). The lowest BCUT2D eigenvalue weighted by atomic mass is 10.1. The van der Waals surface area contributed by atoms with E-state index >= 15 is 0 Å². The van der Waals surface area contributed by atoms with Gasteiger partial charge in [-0.2, -0.15) is 16.8 Å². The molecule has 0 amide bonds. The molecule has 10 nitrogen and oxygen atoms in total. The van der Waals surface area contributed by atoms with Crippen molar-refractivity contribution >= 4 is 40.1 Å². The Morgan fingerprint density at radius 3 is 3.00 bits per heavy atom. The van der Waals surface area contributed by atoms with E-state index in [2.05, 4.69) is 30.2 Å². The van der Waals surface area contributed by atoms with Crippen molar-refractivity contribution in [3.8, 4) is 5.75 Å². The third kappa shape index (κ3) is 6.46. The van der Waals surface area contributed by atoms with Crippen molar-refractivity contribution < 1.29 is 4.74 Å². The van der Waals surface area contributed by atoms with E-state index in [1.54, 1.807) is 43.4 Å². The van der Waals surface area contributed by atoms with Gasteiger partial charge >= 0.3 is 0 Å². The summed E-state index contributed by atoms with van der Waals surface area (Å²) in [6.45, 7) is 0.648. The molecule has 3 aromatic rings. The Balaban J connectivity index is 1.45. The average molecular weight is 447 g/mol. The molecular formula is C18H22N8O2S2. The molecule has 0 radical (unpaired) electrons. The van der Waals surface area contributed by atoms with Crippen LogP contribution in [0.15, 0.2) is 39.7 Å². The van der Waals surface area contributed by atoms with Crippen LogP contribution in [0.3, 0.4) is 0 Å². The van der Waals surface area contributed by atoms with E-state index in [1.807, 2.05) is 5.38 Å². The van der Waals surface area contributed by atoms with Gasteiger partial charge in [-0.3, -0.25) is 14.8 Å². The lowest BCUT2D eigenvalue weighted by Gasteiger charge is -2.06. The van der Waals surface area contributed by atoms with Crippen LogP contribution >= 0.6 is 23.1 Å². The number of aliphatic imine (C=N–C) groups is 1. The molecule has 30 heavy (non-hydrogen) atoms. The molecule has 0 unspecified atom stereocenters. The van der Waals surface area contributed by atoms with Gasteiger partial charge in [-0.25, -0.2) is 9.97 Å². The molecule has 0 bridgehead atoms. The van der Waals surface area contributed by atoms with Crippen molar-refractivity contribution in [2.45, 2.75) is 12.2 Å². The fourth-order valence-electron chi connectivity index (χ4n) is 2.45. The van der Waals surface area contributed by atoms with Crippen molar-refractivity contribution in [3.63, 3.8) is 0 Å². The van der Waals surface area contributed by atoms with Crippen LogP contribution in [0.4, 0.5) is 11.1 Å². The normalized spacial score (nSPS) is 10.6. The van der Waals surface area contributed by atoms with Crippen LogP contribution in [-0.4, -0.2) is 45.3 Å². The average Bonchev–Trinajstić information content (AvgIpc) is 3.16. The highest BCUT2D eigenvalue weighted by Crippen LogP contribution is 2.21. The quantitative estimate of drug-likeness (QED) is 0.206. The number of anilines is 1. The maximum absolute atomic E-state index is 12.3. The molecule has 0 aliphatic heterocycles. The Bertz CT molecular complexity index is 1060. The Hall–Kier alpha value is -3.12. The number of rotatable bonds is 10. The number of nitrogens with one attached hydrogen (secondary N) is 2. The van der Waals surface area contributed by atoms with Crippen molar-refractivity contribution in [1.29, 1.82) is 0 Å². The number of H-pyrrole nitrogens is 1. The highest BCUT2D eigenvalue weighted by atomic mass is 32.2. The minimum atomic E-state index is -0.195. The molecule has 6 N–H and O–H groups in total. The summed E-state index contributed by atoms with van der Waals surface area (Å²) in [4.78, 5) is 31.9. The zero-order valence-electron chi connectivity index (χ0n) is 16.3. The summed E-state index contributed by atoms with van der Waals surface area (Å²) in [5.41, 5.74) is 12.7. The van der Waals surface area contributed by atoms with E-state index in [4.69, 9.17) is 16.2 Å². The SMILES string of the molecule is COc1ccnc(Cc2cnc(NCCSCc3csc(N=C(N)N)n3)[nH]c2=O)c1. The Labute approximate surface area is 181 Å². The molecule has 0 fully saturated rings. The number of pyridine rings is 1. The first-order valence-corrected chi connectivity index (χ1v) is 11.0. The third-order valence-electron chi connectivity index (χ3n) is 3.82. The summed E-state index contributed by atoms with van der Waals surface area (Å²) < 4.78 is 5.18. The van der Waals surface area contributed by atoms with Crippen LogP contribution in [0.1, 0.15) is 17.0 Å². The predicted molar refractivity (Wildman–Crippen MR) is 121 cm³/mol. The van der Waals surface area contributed by atoms with Crippen molar-refractivity contribution in [2.24, 2.45) is 16.5 Å². The van der Waals surface area contributed by atoms with Crippen molar-refractivity contribution in [1.82, 2.24) is 19.9 Å². The summed E-state index contributed by atoms with van der Waals surface area (Å²) in [6, 6.07) is 3.56. The molecule has 3 aromatic heterocycles. The number of guanidine groups is 1. The fraction of sp³-hybridized carbons (Fsp3) is 0.278.